The molecule has 1 aliphatic heterocycles. The van der Waals surface area contributed by atoms with Gasteiger partial charge in [-0.2, -0.15) is 0 Å². The lowest BCUT2D eigenvalue weighted by Gasteiger charge is -2.18. The number of carbonyl (C=O) groups excluding carboxylic acids is 2. The van der Waals surface area contributed by atoms with E-state index in [1.165, 1.54) is 7.11 Å². The highest BCUT2D eigenvalue weighted by Crippen LogP contribution is 2.33. The maximum Gasteiger partial charge on any atom is 0.340 e. The summed E-state index contributed by atoms with van der Waals surface area (Å²) in [4.78, 5) is 27.3. The van der Waals surface area contributed by atoms with E-state index in [0.717, 1.165) is 5.56 Å². The smallest absolute Gasteiger partial charge is 0.340 e. The van der Waals surface area contributed by atoms with E-state index >= 15 is 0 Å². The molecule has 0 aromatic heterocycles. The van der Waals surface area contributed by atoms with E-state index < -0.39 is 5.97 Å². The average Bonchev–Trinajstić information content (AvgIpc) is 3.02. The van der Waals surface area contributed by atoms with Crippen LogP contribution in [0.2, 0.25) is 5.02 Å². The van der Waals surface area contributed by atoms with Crippen LogP contribution in [-0.2, 0) is 20.7 Å². The number of carbonyl (C=O) groups is 2. The van der Waals surface area contributed by atoms with Gasteiger partial charge in [0.25, 0.3) is 5.91 Å². The Bertz CT molecular complexity index is 1070. The van der Waals surface area contributed by atoms with Crippen molar-refractivity contribution in [1.82, 2.24) is 4.90 Å². The molecule has 0 radical (unpaired) electrons. The quantitative estimate of drug-likeness (QED) is 0.474. The van der Waals surface area contributed by atoms with Crippen molar-refractivity contribution in [3.05, 3.63) is 75.5 Å². The molecular formula is C24H24ClNO5. The summed E-state index contributed by atoms with van der Waals surface area (Å²) < 4.78 is 15.6. The summed E-state index contributed by atoms with van der Waals surface area (Å²) in [6.07, 6.45) is 2.20. The monoisotopic (exact) mass is 441 g/mol. The van der Waals surface area contributed by atoms with Crippen molar-refractivity contribution in [1.29, 1.82) is 0 Å². The van der Waals surface area contributed by atoms with E-state index in [0.29, 0.717) is 40.7 Å². The zero-order valence-corrected chi connectivity index (χ0v) is 18.7. The second-order valence-electron chi connectivity index (χ2n) is 6.93. The zero-order chi connectivity index (χ0) is 22.5. The minimum Gasteiger partial charge on any atom is -0.493 e. The number of benzene rings is 2. The number of esters is 1. The highest BCUT2D eigenvalue weighted by atomic mass is 35.5. The Hall–Kier alpha value is -3.25. The molecule has 2 aromatic rings. The molecule has 0 saturated heterocycles. The minimum atomic E-state index is -0.558. The van der Waals surface area contributed by atoms with Crippen LogP contribution < -0.4 is 9.47 Å². The Labute approximate surface area is 186 Å². The molecule has 2 aromatic carbocycles. The summed E-state index contributed by atoms with van der Waals surface area (Å²) in [5, 5.41) is 0.494. The number of ether oxygens (including phenoxy) is 3. The summed E-state index contributed by atoms with van der Waals surface area (Å²) in [6, 6.07) is 12.8. The second kappa shape index (κ2) is 9.71. The number of amides is 1. The van der Waals surface area contributed by atoms with E-state index in [1.807, 2.05) is 24.3 Å². The van der Waals surface area contributed by atoms with Crippen LogP contribution >= 0.6 is 11.6 Å². The number of halogens is 1. The van der Waals surface area contributed by atoms with Gasteiger partial charge in [-0.15, -0.1) is 0 Å². The highest BCUT2D eigenvalue weighted by Gasteiger charge is 2.36. The van der Waals surface area contributed by atoms with Crippen LogP contribution in [0.5, 0.6) is 11.5 Å². The van der Waals surface area contributed by atoms with Gasteiger partial charge in [-0.3, -0.25) is 4.79 Å². The third-order valence-corrected chi connectivity index (χ3v) is 5.52. The van der Waals surface area contributed by atoms with Crippen molar-refractivity contribution >= 4 is 29.6 Å². The Morgan fingerprint density at radius 3 is 2.42 bits per heavy atom. The van der Waals surface area contributed by atoms with E-state index in [-0.39, 0.29) is 17.1 Å². The molecule has 0 unspecified atom stereocenters. The fraction of sp³-hybridized carbons (Fsp3) is 0.250. The van der Waals surface area contributed by atoms with Crippen LogP contribution in [0.4, 0.5) is 0 Å². The van der Waals surface area contributed by atoms with Crippen molar-refractivity contribution in [2.45, 2.75) is 13.3 Å². The Morgan fingerprint density at radius 1 is 1.06 bits per heavy atom. The normalized spacial score (nSPS) is 14.9. The van der Waals surface area contributed by atoms with Gasteiger partial charge in [-0.25, -0.2) is 4.79 Å². The molecule has 0 aliphatic carbocycles. The summed E-state index contributed by atoms with van der Waals surface area (Å²) in [7, 11) is 4.45. The molecule has 162 valence electrons. The molecule has 1 amide bonds. The topological polar surface area (TPSA) is 65.1 Å². The third-order valence-electron chi connectivity index (χ3n) is 5.18. The van der Waals surface area contributed by atoms with Gasteiger partial charge in [0.15, 0.2) is 11.5 Å². The summed E-state index contributed by atoms with van der Waals surface area (Å²) >= 11 is 6.25. The molecule has 1 aliphatic rings. The van der Waals surface area contributed by atoms with Gasteiger partial charge in [0.05, 0.1) is 32.5 Å². The fourth-order valence-corrected chi connectivity index (χ4v) is 3.71. The van der Waals surface area contributed by atoms with Gasteiger partial charge >= 0.3 is 5.97 Å². The lowest BCUT2D eigenvalue weighted by atomic mass is 10.0. The largest absolute Gasteiger partial charge is 0.493 e. The Balaban J connectivity index is 1.91. The maximum absolute atomic E-state index is 13.2. The standard InChI is InChI=1S/C24H24ClNO5/c1-15-22(24(28)31-4)18(14-17-7-5-6-8-19(17)25)23(27)26(15)12-11-16-9-10-20(29-2)21(13-16)30-3/h5-10,13-14H,11-12H2,1-4H3/b18-14-. The van der Waals surface area contributed by atoms with Crippen molar-refractivity contribution < 1.29 is 23.8 Å². The summed E-state index contributed by atoms with van der Waals surface area (Å²) in [5.74, 6) is 0.433. The predicted octanol–water partition coefficient (Wildman–Crippen LogP) is 4.27. The molecule has 0 spiro atoms. The van der Waals surface area contributed by atoms with E-state index in [9.17, 15) is 9.59 Å². The van der Waals surface area contributed by atoms with Crippen molar-refractivity contribution in [2.75, 3.05) is 27.9 Å². The van der Waals surface area contributed by atoms with Crippen LogP contribution in [0.3, 0.4) is 0 Å². The average molecular weight is 442 g/mol. The second-order valence-corrected chi connectivity index (χ2v) is 7.33. The molecule has 6 nitrogen and oxygen atoms in total. The molecule has 0 atom stereocenters. The van der Waals surface area contributed by atoms with Gasteiger partial charge in [0, 0.05) is 17.3 Å². The number of nitrogens with zero attached hydrogens (tertiary/aromatic N) is 1. The molecule has 0 bridgehead atoms. The molecular weight excluding hydrogens is 418 g/mol. The molecule has 0 N–H and O–H groups in total. The molecule has 1 heterocycles. The van der Waals surface area contributed by atoms with Crippen molar-refractivity contribution in [2.24, 2.45) is 0 Å². The number of methoxy groups -OCH3 is 3. The first kappa shape index (κ1) is 22.4. The van der Waals surface area contributed by atoms with E-state index in [4.69, 9.17) is 25.8 Å². The van der Waals surface area contributed by atoms with Crippen molar-refractivity contribution in [3.63, 3.8) is 0 Å². The number of hydrogen-bond acceptors (Lipinski definition) is 5. The van der Waals surface area contributed by atoms with Crippen LogP contribution in [0.1, 0.15) is 18.1 Å². The lowest BCUT2D eigenvalue weighted by molar-refractivity contribution is -0.136. The van der Waals surface area contributed by atoms with Crippen LogP contribution in [0.25, 0.3) is 6.08 Å². The molecule has 3 rings (SSSR count). The number of allylic oxidation sites excluding steroid dienone is 1. The predicted molar refractivity (Wildman–Crippen MR) is 119 cm³/mol. The van der Waals surface area contributed by atoms with Gasteiger partial charge < -0.3 is 19.1 Å². The Kier molecular flexibility index (Phi) is 7.02. The molecule has 7 heteroatoms. The minimum absolute atomic E-state index is 0.250. The van der Waals surface area contributed by atoms with Crippen LogP contribution in [-0.4, -0.2) is 44.7 Å². The van der Waals surface area contributed by atoms with Crippen LogP contribution in [0, 0.1) is 0 Å². The SMILES string of the molecule is COC(=O)C1=C(C)N(CCc2ccc(OC)c(OC)c2)C(=O)/C1=C\c1ccccc1Cl. The van der Waals surface area contributed by atoms with Gasteiger partial charge in [0.2, 0.25) is 0 Å². The first-order valence-corrected chi connectivity index (χ1v) is 10.1. The number of rotatable bonds is 7. The van der Waals surface area contributed by atoms with Crippen molar-refractivity contribution in [3.8, 4) is 11.5 Å². The third kappa shape index (κ3) is 4.59. The first-order chi connectivity index (χ1) is 14.9. The van der Waals surface area contributed by atoms with Gasteiger partial charge in [0.1, 0.15) is 0 Å². The summed E-state index contributed by atoms with van der Waals surface area (Å²) in [6.45, 7) is 2.13. The first-order valence-electron chi connectivity index (χ1n) is 9.69. The summed E-state index contributed by atoms with van der Waals surface area (Å²) in [5.41, 5.74) is 2.70. The Morgan fingerprint density at radius 2 is 1.77 bits per heavy atom. The fourth-order valence-electron chi connectivity index (χ4n) is 3.52. The zero-order valence-electron chi connectivity index (χ0n) is 17.9. The molecule has 0 fully saturated rings. The van der Waals surface area contributed by atoms with Crippen LogP contribution in [0.15, 0.2) is 59.3 Å². The molecule has 31 heavy (non-hydrogen) atoms. The van der Waals surface area contributed by atoms with Gasteiger partial charge in [-0.1, -0.05) is 35.9 Å². The maximum atomic E-state index is 13.2. The van der Waals surface area contributed by atoms with E-state index in [1.54, 1.807) is 50.3 Å². The number of hydrogen-bond donors (Lipinski definition) is 0. The van der Waals surface area contributed by atoms with E-state index in [2.05, 4.69) is 0 Å². The lowest BCUT2D eigenvalue weighted by Crippen LogP contribution is -2.27. The van der Waals surface area contributed by atoms with Gasteiger partial charge in [-0.05, 0) is 48.7 Å². The molecule has 0 saturated carbocycles. The highest BCUT2D eigenvalue weighted by molar-refractivity contribution is 6.32.